The molecule has 2 aliphatic heterocycles. The molecular formula is C13H22N2O4S. The fraction of sp³-hybridized carbons (Fsp3) is 0.846. The zero-order chi connectivity index (χ0) is 14.5. The van der Waals surface area contributed by atoms with Crippen LogP contribution in [0.2, 0.25) is 0 Å². The van der Waals surface area contributed by atoms with Gasteiger partial charge in [0.25, 0.3) is 0 Å². The first-order valence-electron chi connectivity index (χ1n) is 7.08. The molecule has 6 nitrogen and oxygen atoms in total. The van der Waals surface area contributed by atoms with Crippen LogP contribution in [0, 0.1) is 0 Å². The van der Waals surface area contributed by atoms with Crippen LogP contribution in [0.25, 0.3) is 0 Å². The largest absolute Gasteiger partial charge is 0.481 e. The second-order valence-corrected chi connectivity index (χ2v) is 6.28. The lowest BCUT2D eigenvalue weighted by molar-refractivity contribution is -0.138. The van der Waals surface area contributed by atoms with Crippen LogP contribution < -0.4 is 0 Å². The third-order valence-electron chi connectivity index (χ3n) is 3.83. The molecule has 0 radical (unpaired) electrons. The van der Waals surface area contributed by atoms with Crippen molar-refractivity contribution >= 4 is 23.8 Å². The smallest absolute Gasteiger partial charge is 0.320 e. The quantitative estimate of drug-likeness (QED) is 0.845. The van der Waals surface area contributed by atoms with E-state index in [9.17, 15) is 9.59 Å². The molecule has 0 aromatic carbocycles. The number of hydrogen-bond acceptors (Lipinski definition) is 4. The first-order valence-corrected chi connectivity index (χ1v) is 8.23. The van der Waals surface area contributed by atoms with E-state index < -0.39 is 5.97 Å². The molecule has 2 atom stereocenters. The highest BCUT2D eigenvalue weighted by molar-refractivity contribution is 7.99. The third kappa shape index (κ3) is 3.58. The number of amides is 2. The van der Waals surface area contributed by atoms with E-state index in [1.165, 1.54) is 0 Å². The normalized spacial score (nSPS) is 27.4. The van der Waals surface area contributed by atoms with Gasteiger partial charge in [-0.05, 0) is 6.42 Å². The minimum atomic E-state index is -0.843. The number of carbonyl (C=O) groups is 2. The third-order valence-corrected chi connectivity index (χ3v) is 4.92. The number of rotatable bonds is 3. The summed E-state index contributed by atoms with van der Waals surface area (Å²) in [6.45, 7) is 4.42. The number of nitrogens with zero attached hydrogens (tertiary/aromatic N) is 2. The van der Waals surface area contributed by atoms with Gasteiger partial charge in [-0.25, -0.2) is 4.79 Å². The van der Waals surface area contributed by atoms with Gasteiger partial charge < -0.3 is 19.6 Å². The van der Waals surface area contributed by atoms with Crippen molar-refractivity contribution in [2.45, 2.75) is 31.8 Å². The van der Waals surface area contributed by atoms with Crippen molar-refractivity contribution in [3.8, 4) is 0 Å². The van der Waals surface area contributed by atoms with Gasteiger partial charge in [0.1, 0.15) is 0 Å². The highest BCUT2D eigenvalue weighted by atomic mass is 32.2. The van der Waals surface area contributed by atoms with Gasteiger partial charge in [0.2, 0.25) is 0 Å². The number of aliphatic carboxylic acids is 1. The molecule has 1 N–H and O–H groups in total. The van der Waals surface area contributed by atoms with Gasteiger partial charge in [-0.3, -0.25) is 4.79 Å². The molecule has 2 unspecified atom stereocenters. The predicted molar refractivity (Wildman–Crippen MR) is 77.1 cm³/mol. The predicted octanol–water partition coefficient (Wildman–Crippen LogP) is 1.11. The van der Waals surface area contributed by atoms with Crippen molar-refractivity contribution in [1.82, 2.24) is 9.80 Å². The van der Waals surface area contributed by atoms with Crippen LogP contribution in [0.4, 0.5) is 4.79 Å². The maximum absolute atomic E-state index is 12.7. The fourth-order valence-corrected chi connectivity index (χ4v) is 3.75. The molecule has 2 saturated heterocycles. The summed E-state index contributed by atoms with van der Waals surface area (Å²) in [6.07, 6.45) is 0.887. The van der Waals surface area contributed by atoms with E-state index in [4.69, 9.17) is 9.84 Å². The Hall–Kier alpha value is -0.950. The summed E-state index contributed by atoms with van der Waals surface area (Å²) in [4.78, 5) is 27.3. The standard InChI is InChI=1S/C13H22N2O4S/c1-2-10-8-19-5-3-14(10)13(18)15-4-6-20-9-11(15)7-12(16)17/h10-11H,2-9H2,1H3,(H,16,17). The fourth-order valence-electron chi connectivity index (χ4n) is 2.69. The maximum atomic E-state index is 12.7. The molecular weight excluding hydrogens is 280 g/mol. The van der Waals surface area contributed by atoms with Gasteiger partial charge in [-0.1, -0.05) is 6.92 Å². The summed E-state index contributed by atoms with van der Waals surface area (Å²) in [5.41, 5.74) is 0. The number of carbonyl (C=O) groups excluding carboxylic acids is 1. The van der Waals surface area contributed by atoms with Gasteiger partial charge in [0.15, 0.2) is 0 Å². The van der Waals surface area contributed by atoms with Crippen molar-refractivity contribution in [2.75, 3.05) is 37.8 Å². The minimum absolute atomic E-state index is 0.0216. The van der Waals surface area contributed by atoms with Crippen molar-refractivity contribution in [2.24, 2.45) is 0 Å². The minimum Gasteiger partial charge on any atom is -0.481 e. The van der Waals surface area contributed by atoms with E-state index in [1.54, 1.807) is 16.7 Å². The Morgan fingerprint density at radius 2 is 2.05 bits per heavy atom. The monoisotopic (exact) mass is 302 g/mol. The number of morpholine rings is 1. The van der Waals surface area contributed by atoms with Gasteiger partial charge in [-0.2, -0.15) is 11.8 Å². The lowest BCUT2D eigenvalue weighted by atomic mass is 10.1. The lowest BCUT2D eigenvalue weighted by Gasteiger charge is -2.42. The van der Waals surface area contributed by atoms with Crippen molar-refractivity contribution in [3.05, 3.63) is 0 Å². The highest BCUT2D eigenvalue weighted by Crippen LogP contribution is 2.22. The summed E-state index contributed by atoms with van der Waals surface area (Å²) in [6, 6.07) is -0.109. The first kappa shape index (κ1) is 15.4. The van der Waals surface area contributed by atoms with Crippen LogP contribution in [-0.2, 0) is 9.53 Å². The van der Waals surface area contributed by atoms with E-state index >= 15 is 0 Å². The average molecular weight is 302 g/mol. The Morgan fingerprint density at radius 3 is 2.75 bits per heavy atom. The Labute approximate surface area is 123 Å². The number of thioether (sulfide) groups is 1. The molecule has 2 rings (SSSR count). The molecule has 0 aliphatic carbocycles. The number of urea groups is 1. The summed E-state index contributed by atoms with van der Waals surface area (Å²) >= 11 is 1.72. The zero-order valence-corrected chi connectivity index (χ0v) is 12.6. The number of carboxylic acids is 1. The molecule has 2 fully saturated rings. The number of ether oxygens (including phenoxy) is 1. The topological polar surface area (TPSA) is 70.1 Å². The zero-order valence-electron chi connectivity index (χ0n) is 11.8. The number of hydrogen-bond donors (Lipinski definition) is 1. The molecule has 20 heavy (non-hydrogen) atoms. The highest BCUT2D eigenvalue weighted by Gasteiger charge is 2.35. The van der Waals surface area contributed by atoms with Crippen LogP contribution in [0.3, 0.4) is 0 Å². The summed E-state index contributed by atoms with van der Waals surface area (Å²) < 4.78 is 5.42. The molecule has 0 spiro atoms. The van der Waals surface area contributed by atoms with Gasteiger partial charge in [0.05, 0.1) is 31.7 Å². The maximum Gasteiger partial charge on any atom is 0.320 e. The van der Waals surface area contributed by atoms with Crippen molar-refractivity contribution in [3.63, 3.8) is 0 Å². The molecule has 114 valence electrons. The van der Waals surface area contributed by atoms with Gasteiger partial charge >= 0.3 is 12.0 Å². The molecule has 0 aromatic heterocycles. The average Bonchev–Trinajstić information content (AvgIpc) is 2.46. The lowest BCUT2D eigenvalue weighted by Crippen LogP contribution is -2.57. The van der Waals surface area contributed by atoms with Gasteiger partial charge in [0, 0.05) is 24.6 Å². The Kier molecular flexibility index (Phi) is 5.54. The summed E-state index contributed by atoms with van der Waals surface area (Å²) in [7, 11) is 0. The molecule has 0 bridgehead atoms. The second kappa shape index (κ2) is 7.17. The van der Waals surface area contributed by atoms with Crippen molar-refractivity contribution in [1.29, 1.82) is 0 Å². The van der Waals surface area contributed by atoms with E-state index in [0.717, 1.165) is 12.2 Å². The van der Waals surface area contributed by atoms with E-state index in [-0.39, 0.29) is 24.5 Å². The van der Waals surface area contributed by atoms with Crippen LogP contribution in [0.5, 0.6) is 0 Å². The molecule has 2 amide bonds. The van der Waals surface area contributed by atoms with Crippen LogP contribution in [0.15, 0.2) is 0 Å². The van der Waals surface area contributed by atoms with Crippen LogP contribution in [-0.4, -0.2) is 76.8 Å². The van der Waals surface area contributed by atoms with Crippen LogP contribution in [0.1, 0.15) is 19.8 Å². The van der Waals surface area contributed by atoms with E-state index in [0.29, 0.717) is 32.1 Å². The SMILES string of the molecule is CCC1COCCN1C(=O)N1CCSCC1CC(=O)O. The van der Waals surface area contributed by atoms with E-state index in [1.807, 2.05) is 11.8 Å². The molecule has 7 heteroatoms. The Balaban J connectivity index is 2.05. The Morgan fingerprint density at radius 1 is 1.30 bits per heavy atom. The number of carboxylic acid groups (broad SMARTS) is 1. The summed E-state index contributed by atoms with van der Waals surface area (Å²) in [5, 5.41) is 8.99. The van der Waals surface area contributed by atoms with Crippen LogP contribution >= 0.6 is 11.8 Å². The van der Waals surface area contributed by atoms with Crippen molar-refractivity contribution < 1.29 is 19.4 Å². The molecule has 0 aromatic rings. The summed E-state index contributed by atoms with van der Waals surface area (Å²) in [5.74, 6) is 0.742. The molecule has 2 aliphatic rings. The Bertz CT molecular complexity index is 366. The van der Waals surface area contributed by atoms with E-state index in [2.05, 4.69) is 0 Å². The molecule has 2 heterocycles. The second-order valence-electron chi connectivity index (χ2n) is 5.13. The van der Waals surface area contributed by atoms with Gasteiger partial charge in [-0.15, -0.1) is 0 Å². The first-order chi connectivity index (χ1) is 9.63. The molecule has 0 saturated carbocycles.